The molecule has 0 spiro atoms. The zero-order valence-corrected chi connectivity index (χ0v) is 12.8. The van der Waals surface area contributed by atoms with Crippen LogP contribution in [-0.4, -0.2) is 35.6 Å². The lowest BCUT2D eigenvalue weighted by Crippen LogP contribution is -2.47. The predicted octanol–water partition coefficient (Wildman–Crippen LogP) is 1.33. The maximum atomic E-state index is 11.9. The Balaban J connectivity index is 2.43. The number of carbonyl (C=O) groups excluding carboxylic acids is 2. The van der Waals surface area contributed by atoms with Gasteiger partial charge in [0, 0.05) is 12.1 Å². The summed E-state index contributed by atoms with van der Waals surface area (Å²) < 4.78 is 0. The number of aliphatic hydroxyl groups is 1. The number of aliphatic hydroxyl groups excluding tert-OH is 1. The lowest BCUT2D eigenvalue weighted by atomic mass is 10.0. The van der Waals surface area contributed by atoms with Crippen LogP contribution in [0.5, 0.6) is 0 Å². The van der Waals surface area contributed by atoms with Crippen molar-refractivity contribution >= 4 is 11.8 Å². The van der Waals surface area contributed by atoms with E-state index in [9.17, 15) is 14.7 Å². The fourth-order valence-corrected chi connectivity index (χ4v) is 1.77. The quantitative estimate of drug-likeness (QED) is 0.709. The van der Waals surface area contributed by atoms with Crippen molar-refractivity contribution in [2.24, 2.45) is 5.92 Å². The van der Waals surface area contributed by atoms with E-state index in [1.165, 1.54) is 0 Å². The largest absolute Gasteiger partial charge is 0.391 e. The number of benzene rings is 1. The lowest BCUT2D eigenvalue weighted by Gasteiger charge is -2.19. The molecule has 1 aromatic rings. The van der Waals surface area contributed by atoms with Gasteiger partial charge >= 0.3 is 0 Å². The molecule has 0 heterocycles. The number of rotatable bonds is 7. The van der Waals surface area contributed by atoms with Crippen molar-refractivity contribution in [2.45, 2.75) is 39.3 Å². The molecule has 0 saturated carbocycles. The molecular formula is C16H24N2O3. The van der Waals surface area contributed by atoms with Crippen LogP contribution in [0.1, 0.15) is 37.6 Å². The van der Waals surface area contributed by atoms with Crippen LogP contribution in [0.25, 0.3) is 0 Å². The SMILES string of the molecule is CCC(C)C(O)CNC(=O)C(C)NC(=O)c1ccccc1. The van der Waals surface area contributed by atoms with E-state index in [0.29, 0.717) is 5.56 Å². The van der Waals surface area contributed by atoms with Gasteiger partial charge in [-0.15, -0.1) is 0 Å². The van der Waals surface area contributed by atoms with Gasteiger partial charge in [-0.3, -0.25) is 9.59 Å². The summed E-state index contributed by atoms with van der Waals surface area (Å²) in [7, 11) is 0. The highest BCUT2D eigenvalue weighted by Crippen LogP contribution is 2.06. The van der Waals surface area contributed by atoms with Crippen LogP contribution in [0.2, 0.25) is 0 Å². The van der Waals surface area contributed by atoms with Crippen molar-refractivity contribution in [1.82, 2.24) is 10.6 Å². The van der Waals surface area contributed by atoms with E-state index in [1.54, 1.807) is 31.2 Å². The molecule has 0 bridgehead atoms. The van der Waals surface area contributed by atoms with E-state index < -0.39 is 12.1 Å². The molecule has 0 aliphatic heterocycles. The molecule has 3 unspecified atom stereocenters. The second kappa shape index (κ2) is 8.42. The van der Waals surface area contributed by atoms with Gasteiger partial charge in [0.1, 0.15) is 6.04 Å². The molecule has 116 valence electrons. The van der Waals surface area contributed by atoms with Gasteiger partial charge in [-0.25, -0.2) is 0 Å². The van der Waals surface area contributed by atoms with Crippen molar-refractivity contribution < 1.29 is 14.7 Å². The van der Waals surface area contributed by atoms with Gasteiger partial charge in [0.25, 0.3) is 5.91 Å². The van der Waals surface area contributed by atoms with Gasteiger partial charge in [-0.1, -0.05) is 38.5 Å². The van der Waals surface area contributed by atoms with Crippen LogP contribution in [0, 0.1) is 5.92 Å². The molecule has 0 fully saturated rings. The first-order valence-corrected chi connectivity index (χ1v) is 7.27. The van der Waals surface area contributed by atoms with E-state index >= 15 is 0 Å². The van der Waals surface area contributed by atoms with E-state index in [-0.39, 0.29) is 24.3 Å². The molecule has 0 saturated heterocycles. The molecule has 21 heavy (non-hydrogen) atoms. The Morgan fingerprint density at radius 3 is 2.38 bits per heavy atom. The number of carbonyl (C=O) groups is 2. The zero-order chi connectivity index (χ0) is 15.8. The maximum Gasteiger partial charge on any atom is 0.251 e. The summed E-state index contributed by atoms with van der Waals surface area (Å²) in [6, 6.07) is 8.08. The third kappa shape index (κ3) is 5.55. The van der Waals surface area contributed by atoms with E-state index in [1.807, 2.05) is 19.9 Å². The van der Waals surface area contributed by atoms with Gasteiger partial charge in [-0.2, -0.15) is 0 Å². The molecule has 2 amide bonds. The monoisotopic (exact) mass is 292 g/mol. The van der Waals surface area contributed by atoms with Crippen LogP contribution < -0.4 is 10.6 Å². The molecule has 0 aliphatic rings. The summed E-state index contributed by atoms with van der Waals surface area (Å²) in [6.07, 6.45) is 0.271. The Hall–Kier alpha value is -1.88. The van der Waals surface area contributed by atoms with Crippen LogP contribution >= 0.6 is 0 Å². The fourth-order valence-electron chi connectivity index (χ4n) is 1.77. The first-order chi connectivity index (χ1) is 9.95. The highest BCUT2D eigenvalue weighted by Gasteiger charge is 2.18. The van der Waals surface area contributed by atoms with E-state index in [0.717, 1.165) is 6.42 Å². The van der Waals surface area contributed by atoms with Crippen LogP contribution in [0.15, 0.2) is 30.3 Å². The van der Waals surface area contributed by atoms with Crippen LogP contribution in [-0.2, 0) is 4.79 Å². The Bertz CT molecular complexity index is 462. The van der Waals surface area contributed by atoms with Crippen LogP contribution in [0.3, 0.4) is 0 Å². The molecule has 0 aromatic heterocycles. The van der Waals surface area contributed by atoms with Gasteiger partial charge in [0.2, 0.25) is 5.91 Å². The molecule has 5 heteroatoms. The minimum atomic E-state index is -0.651. The number of nitrogens with one attached hydrogen (secondary N) is 2. The predicted molar refractivity (Wildman–Crippen MR) is 81.8 cm³/mol. The highest BCUT2D eigenvalue weighted by molar-refractivity contribution is 5.97. The van der Waals surface area contributed by atoms with Gasteiger partial charge < -0.3 is 15.7 Å². The first kappa shape index (κ1) is 17.2. The molecule has 1 aromatic carbocycles. The number of hydrogen-bond acceptors (Lipinski definition) is 3. The Kier molecular flexibility index (Phi) is 6.88. The minimum Gasteiger partial charge on any atom is -0.391 e. The number of hydrogen-bond donors (Lipinski definition) is 3. The molecule has 3 N–H and O–H groups in total. The lowest BCUT2D eigenvalue weighted by molar-refractivity contribution is -0.123. The average Bonchev–Trinajstić information content (AvgIpc) is 2.51. The summed E-state index contributed by atoms with van der Waals surface area (Å²) in [6.45, 7) is 5.72. The maximum absolute atomic E-state index is 11.9. The molecule has 0 radical (unpaired) electrons. The van der Waals surface area contributed by atoms with E-state index in [2.05, 4.69) is 10.6 Å². The van der Waals surface area contributed by atoms with Crippen molar-refractivity contribution in [3.05, 3.63) is 35.9 Å². The summed E-state index contributed by atoms with van der Waals surface area (Å²) >= 11 is 0. The smallest absolute Gasteiger partial charge is 0.251 e. The summed E-state index contributed by atoms with van der Waals surface area (Å²) in [5, 5.41) is 15.1. The van der Waals surface area contributed by atoms with Gasteiger partial charge in [0.15, 0.2) is 0 Å². The fraction of sp³-hybridized carbons (Fsp3) is 0.500. The summed E-state index contributed by atoms with van der Waals surface area (Å²) in [4.78, 5) is 23.8. The molecule has 5 nitrogen and oxygen atoms in total. The first-order valence-electron chi connectivity index (χ1n) is 7.27. The summed E-state index contributed by atoms with van der Waals surface area (Å²) in [5.41, 5.74) is 0.511. The molecule has 3 atom stereocenters. The second-order valence-electron chi connectivity index (χ2n) is 5.26. The Labute approximate surface area is 125 Å². The van der Waals surface area contributed by atoms with Crippen LogP contribution in [0.4, 0.5) is 0 Å². The van der Waals surface area contributed by atoms with Crippen molar-refractivity contribution in [3.63, 3.8) is 0 Å². The molecule has 1 rings (SSSR count). The zero-order valence-electron chi connectivity index (χ0n) is 12.8. The number of amides is 2. The highest BCUT2D eigenvalue weighted by atomic mass is 16.3. The normalized spacial score (nSPS) is 14.9. The van der Waals surface area contributed by atoms with Crippen molar-refractivity contribution in [2.75, 3.05) is 6.54 Å². The third-order valence-corrected chi connectivity index (χ3v) is 3.56. The Morgan fingerprint density at radius 1 is 1.19 bits per heavy atom. The Morgan fingerprint density at radius 2 is 1.81 bits per heavy atom. The second-order valence-corrected chi connectivity index (χ2v) is 5.26. The van der Waals surface area contributed by atoms with Crippen molar-refractivity contribution in [1.29, 1.82) is 0 Å². The standard InChI is InChI=1S/C16H24N2O3/c1-4-11(2)14(19)10-17-15(20)12(3)18-16(21)13-8-6-5-7-9-13/h5-9,11-12,14,19H,4,10H2,1-3H3,(H,17,20)(H,18,21). The van der Waals surface area contributed by atoms with E-state index in [4.69, 9.17) is 0 Å². The molecule has 0 aliphatic carbocycles. The minimum absolute atomic E-state index is 0.125. The molecular weight excluding hydrogens is 268 g/mol. The summed E-state index contributed by atoms with van der Waals surface area (Å²) in [5.74, 6) is -0.470. The van der Waals surface area contributed by atoms with Gasteiger partial charge in [0.05, 0.1) is 6.10 Å². The van der Waals surface area contributed by atoms with Crippen molar-refractivity contribution in [3.8, 4) is 0 Å². The van der Waals surface area contributed by atoms with Gasteiger partial charge in [-0.05, 0) is 25.0 Å². The topological polar surface area (TPSA) is 78.4 Å². The average molecular weight is 292 g/mol. The third-order valence-electron chi connectivity index (χ3n) is 3.56.